The summed E-state index contributed by atoms with van der Waals surface area (Å²) >= 11 is 0. The first kappa shape index (κ1) is 14.9. The molecule has 2 amide bonds. The molecule has 0 aliphatic carbocycles. The molecule has 0 bridgehead atoms. The standard InChI is InChI=1S/C11H23N3O2/c1-3-12-8-9-14-11(16)7-5-6-10(15)13-4-2/h12H,3-9H2,1-2H3,(H,13,15)(H,14,16). The first-order valence-electron chi connectivity index (χ1n) is 5.94. The fourth-order valence-corrected chi connectivity index (χ4v) is 1.25. The number of likely N-dealkylation sites (N-methyl/N-ethyl adjacent to an activating group) is 1. The Morgan fingerprint density at radius 2 is 1.50 bits per heavy atom. The maximum absolute atomic E-state index is 11.3. The molecule has 0 radical (unpaired) electrons. The summed E-state index contributed by atoms with van der Waals surface area (Å²) in [6.07, 6.45) is 1.45. The summed E-state index contributed by atoms with van der Waals surface area (Å²) < 4.78 is 0. The van der Waals surface area contributed by atoms with Crippen molar-refractivity contribution in [3.63, 3.8) is 0 Å². The third kappa shape index (κ3) is 9.45. The van der Waals surface area contributed by atoms with Crippen molar-refractivity contribution in [2.75, 3.05) is 26.2 Å². The second kappa shape index (κ2) is 10.4. The molecule has 16 heavy (non-hydrogen) atoms. The Balaban J connectivity index is 3.33. The Kier molecular flexibility index (Phi) is 9.70. The van der Waals surface area contributed by atoms with E-state index in [0.29, 0.717) is 32.4 Å². The molecule has 0 heterocycles. The van der Waals surface area contributed by atoms with E-state index in [9.17, 15) is 9.59 Å². The number of rotatable bonds is 9. The lowest BCUT2D eigenvalue weighted by Crippen LogP contribution is -2.31. The zero-order valence-corrected chi connectivity index (χ0v) is 10.3. The van der Waals surface area contributed by atoms with Gasteiger partial charge in [-0.25, -0.2) is 0 Å². The third-order valence-corrected chi connectivity index (χ3v) is 2.06. The molecule has 0 fully saturated rings. The maximum Gasteiger partial charge on any atom is 0.220 e. The molecule has 3 N–H and O–H groups in total. The van der Waals surface area contributed by atoms with E-state index in [1.165, 1.54) is 0 Å². The molecule has 0 saturated heterocycles. The normalized spacial score (nSPS) is 9.88. The predicted octanol–water partition coefficient (Wildman–Crippen LogP) is 0.0185. The molecule has 94 valence electrons. The summed E-state index contributed by atoms with van der Waals surface area (Å²) in [4.78, 5) is 22.3. The molecule has 0 spiro atoms. The van der Waals surface area contributed by atoms with E-state index in [4.69, 9.17) is 0 Å². The van der Waals surface area contributed by atoms with Crippen LogP contribution in [0.2, 0.25) is 0 Å². The van der Waals surface area contributed by atoms with Crippen LogP contribution in [0.25, 0.3) is 0 Å². The Bertz CT molecular complexity index is 207. The molecule has 0 rings (SSSR count). The molecule has 5 heteroatoms. The van der Waals surface area contributed by atoms with Crippen LogP contribution in [-0.2, 0) is 9.59 Å². The molecular formula is C11H23N3O2. The van der Waals surface area contributed by atoms with Crippen LogP contribution >= 0.6 is 0 Å². The van der Waals surface area contributed by atoms with Gasteiger partial charge >= 0.3 is 0 Å². The van der Waals surface area contributed by atoms with E-state index in [1.54, 1.807) is 0 Å². The zero-order valence-electron chi connectivity index (χ0n) is 10.3. The Hall–Kier alpha value is -1.10. The minimum absolute atomic E-state index is 0.0159. The van der Waals surface area contributed by atoms with Crippen LogP contribution in [0.4, 0.5) is 0 Å². The molecule has 0 saturated carbocycles. The molecule has 0 aliphatic rings. The van der Waals surface area contributed by atoms with Crippen molar-refractivity contribution in [3.05, 3.63) is 0 Å². The van der Waals surface area contributed by atoms with Gasteiger partial charge in [-0.2, -0.15) is 0 Å². The predicted molar refractivity (Wildman–Crippen MR) is 64.1 cm³/mol. The monoisotopic (exact) mass is 229 g/mol. The zero-order chi connectivity index (χ0) is 12.2. The largest absolute Gasteiger partial charge is 0.356 e. The third-order valence-electron chi connectivity index (χ3n) is 2.06. The lowest BCUT2D eigenvalue weighted by Gasteiger charge is -2.05. The summed E-state index contributed by atoms with van der Waals surface area (Å²) in [6, 6.07) is 0. The first-order valence-corrected chi connectivity index (χ1v) is 5.94. The van der Waals surface area contributed by atoms with Gasteiger partial charge in [-0.1, -0.05) is 6.92 Å². The molecular weight excluding hydrogens is 206 g/mol. The quantitative estimate of drug-likeness (QED) is 0.488. The molecule has 0 aromatic rings. The van der Waals surface area contributed by atoms with Gasteiger partial charge in [0.25, 0.3) is 0 Å². The molecule has 0 unspecified atom stereocenters. The Morgan fingerprint density at radius 3 is 2.06 bits per heavy atom. The van der Waals surface area contributed by atoms with E-state index in [2.05, 4.69) is 16.0 Å². The summed E-state index contributed by atoms with van der Waals surface area (Å²) in [7, 11) is 0. The van der Waals surface area contributed by atoms with Gasteiger partial charge in [-0.05, 0) is 19.9 Å². The highest BCUT2D eigenvalue weighted by Crippen LogP contribution is 1.94. The lowest BCUT2D eigenvalue weighted by molar-refractivity contribution is -0.122. The van der Waals surface area contributed by atoms with E-state index in [0.717, 1.165) is 13.1 Å². The number of carbonyl (C=O) groups is 2. The maximum atomic E-state index is 11.3. The van der Waals surface area contributed by atoms with Gasteiger partial charge in [-0.3, -0.25) is 9.59 Å². The molecule has 0 atom stereocenters. The fraction of sp³-hybridized carbons (Fsp3) is 0.818. The number of amides is 2. The first-order chi connectivity index (χ1) is 7.70. The topological polar surface area (TPSA) is 70.2 Å². The Labute approximate surface area is 97.4 Å². The van der Waals surface area contributed by atoms with Crippen molar-refractivity contribution in [3.8, 4) is 0 Å². The van der Waals surface area contributed by atoms with Crippen LogP contribution in [0.1, 0.15) is 33.1 Å². The molecule has 0 aliphatic heterocycles. The van der Waals surface area contributed by atoms with E-state index in [-0.39, 0.29) is 11.8 Å². The van der Waals surface area contributed by atoms with Crippen LogP contribution in [0.15, 0.2) is 0 Å². The SMILES string of the molecule is CCNCCNC(=O)CCCC(=O)NCC. The van der Waals surface area contributed by atoms with Crippen LogP contribution in [0, 0.1) is 0 Å². The fourth-order valence-electron chi connectivity index (χ4n) is 1.25. The average molecular weight is 229 g/mol. The van der Waals surface area contributed by atoms with Crippen LogP contribution in [0.5, 0.6) is 0 Å². The van der Waals surface area contributed by atoms with Crippen molar-refractivity contribution in [2.45, 2.75) is 33.1 Å². The summed E-state index contributed by atoms with van der Waals surface area (Å²) in [5, 5.41) is 8.60. The highest BCUT2D eigenvalue weighted by atomic mass is 16.2. The molecule has 0 aromatic carbocycles. The molecule has 5 nitrogen and oxygen atoms in total. The number of hydrogen-bond acceptors (Lipinski definition) is 3. The van der Waals surface area contributed by atoms with Crippen LogP contribution in [-0.4, -0.2) is 38.0 Å². The Morgan fingerprint density at radius 1 is 0.875 bits per heavy atom. The summed E-state index contributed by atoms with van der Waals surface area (Å²) in [6.45, 7) is 6.90. The van der Waals surface area contributed by atoms with Gasteiger partial charge in [0.2, 0.25) is 11.8 Å². The van der Waals surface area contributed by atoms with Gasteiger partial charge in [0, 0.05) is 32.5 Å². The number of carbonyl (C=O) groups excluding carboxylic acids is 2. The van der Waals surface area contributed by atoms with E-state index >= 15 is 0 Å². The minimum Gasteiger partial charge on any atom is -0.356 e. The van der Waals surface area contributed by atoms with Crippen LogP contribution < -0.4 is 16.0 Å². The van der Waals surface area contributed by atoms with Crippen molar-refractivity contribution in [1.29, 1.82) is 0 Å². The van der Waals surface area contributed by atoms with Crippen molar-refractivity contribution in [1.82, 2.24) is 16.0 Å². The summed E-state index contributed by atoms with van der Waals surface area (Å²) in [5.41, 5.74) is 0. The van der Waals surface area contributed by atoms with Crippen molar-refractivity contribution >= 4 is 11.8 Å². The van der Waals surface area contributed by atoms with E-state index in [1.807, 2.05) is 13.8 Å². The minimum atomic E-state index is 0.0159. The summed E-state index contributed by atoms with van der Waals surface area (Å²) in [5.74, 6) is 0.0325. The number of hydrogen-bond donors (Lipinski definition) is 3. The average Bonchev–Trinajstić information content (AvgIpc) is 2.25. The molecule has 0 aromatic heterocycles. The van der Waals surface area contributed by atoms with Gasteiger partial charge in [0.05, 0.1) is 0 Å². The highest BCUT2D eigenvalue weighted by Gasteiger charge is 2.03. The van der Waals surface area contributed by atoms with Gasteiger partial charge in [-0.15, -0.1) is 0 Å². The highest BCUT2D eigenvalue weighted by molar-refractivity contribution is 5.78. The van der Waals surface area contributed by atoms with Gasteiger partial charge < -0.3 is 16.0 Å². The smallest absolute Gasteiger partial charge is 0.220 e. The van der Waals surface area contributed by atoms with Gasteiger partial charge in [0.1, 0.15) is 0 Å². The second-order valence-electron chi connectivity index (χ2n) is 3.51. The van der Waals surface area contributed by atoms with E-state index < -0.39 is 0 Å². The van der Waals surface area contributed by atoms with Crippen molar-refractivity contribution in [2.24, 2.45) is 0 Å². The van der Waals surface area contributed by atoms with Crippen LogP contribution in [0.3, 0.4) is 0 Å². The van der Waals surface area contributed by atoms with Crippen molar-refractivity contribution < 1.29 is 9.59 Å². The number of nitrogens with one attached hydrogen (secondary N) is 3. The second-order valence-corrected chi connectivity index (χ2v) is 3.51. The van der Waals surface area contributed by atoms with Gasteiger partial charge in [0.15, 0.2) is 0 Å². The lowest BCUT2D eigenvalue weighted by atomic mass is 10.2.